The molecule has 0 saturated heterocycles. The first kappa shape index (κ1) is 14.4. The van der Waals surface area contributed by atoms with Gasteiger partial charge >= 0.3 is 5.97 Å². The molecule has 1 aromatic carbocycles. The molecule has 1 aromatic heterocycles. The minimum atomic E-state index is -0.913. The Morgan fingerprint density at radius 2 is 2.00 bits per heavy atom. The Kier molecular flexibility index (Phi) is 4.20. The van der Waals surface area contributed by atoms with Crippen LogP contribution in [-0.4, -0.2) is 15.6 Å². The molecule has 0 aliphatic carbocycles. The zero-order valence-corrected chi connectivity index (χ0v) is 13.4. The van der Waals surface area contributed by atoms with Crippen molar-refractivity contribution in [2.75, 3.05) is 0 Å². The maximum absolute atomic E-state index is 11.3. The fourth-order valence-electron chi connectivity index (χ4n) is 2.10. The van der Waals surface area contributed by atoms with Crippen LogP contribution in [0.25, 0.3) is 11.3 Å². The second-order valence-corrected chi connectivity index (χ2v) is 6.10. The third-order valence-corrected chi connectivity index (χ3v) is 3.99. The quantitative estimate of drug-likeness (QED) is 0.774. The van der Waals surface area contributed by atoms with Crippen LogP contribution in [-0.2, 0) is 0 Å². The van der Waals surface area contributed by atoms with Crippen molar-refractivity contribution >= 4 is 40.2 Å². The van der Waals surface area contributed by atoms with Crippen LogP contribution in [0.5, 0.6) is 0 Å². The lowest BCUT2D eigenvalue weighted by molar-refractivity contribution is 0.0683. The number of carbonyl (C=O) groups is 1. The van der Waals surface area contributed by atoms with E-state index in [4.69, 9.17) is 11.6 Å². The van der Waals surface area contributed by atoms with Gasteiger partial charge in [0.15, 0.2) is 0 Å². The second-order valence-electron chi connectivity index (χ2n) is 4.50. The molecule has 0 saturated carbocycles. The minimum absolute atomic E-state index is 0.0718. The molecule has 0 amide bonds. The Labute approximate surface area is 130 Å². The first-order valence-corrected chi connectivity index (χ1v) is 7.27. The van der Waals surface area contributed by atoms with E-state index in [9.17, 15) is 9.90 Å². The molecular formula is C14H13ClINO2. The minimum Gasteiger partial charge on any atom is -0.477 e. The molecule has 2 rings (SSSR count). The van der Waals surface area contributed by atoms with Gasteiger partial charge in [-0.3, -0.25) is 0 Å². The van der Waals surface area contributed by atoms with Crippen LogP contribution in [0.2, 0.25) is 5.02 Å². The standard InChI is InChI=1S/C14H13ClINO2/c1-8(2)17-12(5-6-13(17)14(18)19)10-4-3-9(15)7-11(10)16/h3-8H,1-2H3,(H,18,19). The summed E-state index contributed by atoms with van der Waals surface area (Å²) in [6.07, 6.45) is 0. The van der Waals surface area contributed by atoms with Crippen molar-refractivity contribution in [1.29, 1.82) is 0 Å². The third kappa shape index (κ3) is 2.79. The Balaban J connectivity index is 2.65. The van der Waals surface area contributed by atoms with Crippen molar-refractivity contribution in [3.63, 3.8) is 0 Å². The van der Waals surface area contributed by atoms with Gasteiger partial charge in [0.1, 0.15) is 5.69 Å². The van der Waals surface area contributed by atoms with Crippen LogP contribution in [0.3, 0.4) is 0 Å². The van der Waals surface area contributed by atoms with Gasteiger partial charge in [-0.1, -0.05) is 17.7 Å². The van der Waals surface area contributed by atoms with E-state index in [-0.39, 0.29) is 6.04 Å². The van der Waals surface area contributed by atoms with Crippen LogP contribution < -0.4 is 0 Å². The van der Waals surface area contributed by atoms with E-state index >= 15 is 0 Å². The number of benzene rings is 1. The number of carboxylic acid groups (broad SMARTS) is 1. The summed E-state index contributed by atoms with van der Waals surface area (Å²) in [5, 5.41) is 9.92. The lowest BCUT2D eigenvalue weighted by Crippen LogP contribution is -2.11. The fourth-order valence-corrected chi connectivity index (χ4v) is 3.24. The number of hydrogen-bond donors (Lipinski definition) is 1. The van der Waals surface area contributed by atoms with Crippen LogP contribution in [0.1, 0.15) is 30.4 Å². The van der Waals surface area contributed by atoms with Crippen LogP contribution in [0, 0.1) is 3.57 Å². The first-order chi connectivity index (χ1) is 8.91. The van der Waals surface area contributed by atoms with E-state index in [1.165, 1.54) is 0 Å². The molecule has 3 nitrogen and oxygen atoms in total. The average Bonchev–Trinajstić information content (AvgIpc) is 2.73. The summed E-state index contributed by atoms with van der Waals surface area (Å²) in [5.41, 5.74) is 2.19. The molecule has 0 radical (unpaired) electrons. The molecule has 100 valence electrons. The molecule has 0 unspecified atom stereocenters. The predicted octanol–water partition coefficient (Wildman–Crippen LogP) is 4.69. The second kappa shape index (κ2) is 5.54. The molecule has 0 aliphatic rings. The maximum Gasteiger partial charge on any atom is 0.352 e. The zero-order valence-electron chi connectivity index (χ0n) is 10.5. The number of rotatable bonds is 3. The van der Waals surface area contributed by atoms with Crippen LogP contribution in [0.15, 0.2) is 30.3 Å². The number of halogens is 2. The van der Waals surface area contributed by atoms with Gasteiger partial charge in [0.2, 0.25) is 0 Å². The lowest BCUT2D eigenvalue weighted by atomic mass is 10.1. The summed E-state index contributed by atoms with van der Waals surface area (Å²) in [6, 6.07) is 9.16. The van der Waals surface area contributed by atoms with E-state index < -0.39 is 5.97 Å². The van der Waals surface area contributed by atoms with Gasteiger partial charge in [0, 0.05) is 25.9 Å². The summed E-state index contributed by atoms with van der Waals surface area (Å²) >= 11 is 8.17. The molecule has 0 atom stereocenters. The fraction of sp³-hybridized carbons (Fsp3) is 0.214. The van der Waals surface area contributed by atoms with Gasteiger partial charge in [0.05, 0.1) is 0 Å². The molecular weight excluding hydrogens is 377 g/mol. The third-order valence-electron chi connectivity index (χ3n) is 2.86. The van der Waals surface area contributed by atoms with Gasteiger partial charge in [-0.25, -0.2) is 4.79 Å². The summed E-state index contributed by atoms with van der Waals surface area (Å²) in [7, 11) is 0. The molecule has 0 spiro atoms. The number of aromatic carboxylic acids is 1. The molecule has 19 heavy (non-hydrogen) atoms. The highest BCUT2D eigenvalue weighted by atomic mass is 127. The summed E-state index contributed by atoms with van der Waals surface area (Å²) in [4.78, 5) is 11.3. The summed E-state index contributed by atoms with van der Waals surface area (Å²) in [5.74, 6) is -0.913. The average molecular weight is 390 g/mol. The Bertz CT molecular complexity index is 634. The lowest BCUT2D eigenvalue weighted by Gasteiger charge is -2.16. The Morgan fingerprint density at radius 1 is 1.32 bits per heavy atom. The van der Waals surface area contributed by atoms with Crippen molar-refractivity contribution in [1.82, 2.24) is 4.57 Å². The van der Waals surface area contributed by atoms with Gasteiger partial charge in [-0.15, -0.1) is 0 Å². The van der Waals surface area contributed by atoms with E-state index in [2.05, 4.69) is 22.6 Å². The largest absolute Gasteiger partial charge is 0.477 e. The smallest absolute Gasteiger partial charge is 0.352 e. The van der Waals surface area contributed by atoms with Crippen molar-refractivity contribution in [3.05, 3.63) is 44.6 Å². The zero-order chi connectivity index (χ0) is 14.2. The molecule has 1 heterocycles. The SMILES string of the molecule is CC(C)n1c(C(=O)O)ccc1-c1ccc(Cl)cc1I. The van der Waals surface area contributed by atoms with Crippen molar-refractivity contribution in [3.8, 4) is 11.3 Å². The van der Waals surface area contributed by atoms with Crippen molar-refractivity contribution < 1.29 is 9.90 Å². The van der Waals surface area contributed by atoms with E-state index in [1.54, 1.807) is 6.07 Å². The number of carboxylic acids is 1. The van der Waals surface area contributed by atoms with Crippen LogP contribution >= 0.6 is 34.2 Å². The van der Waals surface area contributed by atoms with Crippen LogP contribution in [0.4, 0.5) is 0 Å². The molecule has 0 aliphatic heterocycles. The van der Waals surface area contributed by atoms with Crippen molar-refractivity contribution in [2.45, 2.75) is 19.9 Å². The number of aromatic nitrogens is 1. The van der Waals surface area contributed by atoms with Gasteiger partial charge in [0.25, 0.3) is 0 Å². The van der Waals surface area contributed by atoms with E-state index in [1.807, 2.05) is 42.7 Å². The van der Waals surface area contributed by atoms with Gasteiger partial charge in [-0.05, 0) is 60.7 Å². The van der Waals surface area contributed by atoms with Crippen molar-refractivity contribution in [2.24, 2.45) is 0 Å². The molecule has 0 bridgehead atoms. The number of hydrogen-bond acceptors (Lipinski definition) is 1. The Morgan fingerprint density at radius 3 is 2.53 bits per heavy atom. The normalized spacial score (nSPS) is 11.0. The monoisotopic (exact) mass is 389 g/mol. The topological polar surface area (TPSA) is 42.2 Å². The molecule has 2 aromatic rings. The summed E-state index contributed by atoms with van der Waals surface area (Å²) in [6.45, 7) is 3.94. The van der Waals surface area contributed by atoms with Gasteiger partial charge < -0.3 is 9.67 Å². The highest BCUT2D eigenvalue weighted by molar-refractivity contribution is 14.1. The molecule has 1 N–H and O–H groups in total. The predicted molar refractivity (Wildman–Crippen MR) is 84.9 cm³/mol. The number of nitrogens with zero attached hydrogens (tertiary/aromatic N) is 1. The highest BCUT2D eigenvalue weighted by Crippen LogP contribution is 2.31. The van der Waals surface area contributed by atoms with E-state index in [0.717, 1.165) is 14.8 Å². The van der Waals surface area contributed by atoms with Gasteiger partial charge in [-0.2, -0.15) is 0 Å². The summed E-state index contributed by atoms with van der Waals surface area (Å²) < 4.78 is 2.83. The maximum atomic E-state index is 11.3. The highest BCUT2D eigenvalue weighted by Gasteiger charge is 2.18. The molecule has 5 heteroatoms. The molecule has 0 fully saturated rings. The first-order valence-electron chi connectivity index (χ1n) is 5.81. The Hall–Kier alpha value is -1.01. The van der Waals surface area contributed by atoms with E-state index in [0.29, 0.717) is 10.7 Å².